The zero-order valence-corrected chi connectivity index (χ0v) is 10.2. The summed E-state index contributed by atoms with van der Waals surface area (Å²) in [5, 5.41) is 20.4. The van der Waals surface area contributed by atoms with E-state index in [4.69, 9.17) is 10.5 Å². The lowest BCUT2D eigenvalue weighted by Crippen LogP contribution is -2.27. The molecule has 1 aromatic rings. The van der Waals surface area contributed by atoms with Crippen LogP contribution < -0.4 is 5.73 Å². The zero-order valence-electron chi connectivity index (χ0n) is 10.2. The Kier molecular flexibility index (Phi) is 3.96. The van der Waals surface area contributed by atoms with Gasteiger partial charge in [0.2, 0.25) is 0 Å². The molecule has 0 spiro atoms. The summed E-state index contributed by atoms with van der Waals surface area (Å²) in [6.45, 7) is 1.10. The first-order valence-electron chi connectivity index (χ1n) is 6.01. The van der Waals surface area contributed by atoms with Crippen molar-refractivity contribution in [2.75, 3.05) is 13.2 Å². The fourth-order valence-corrected chi connectivity index (χ4v) is 2.29. The maximum absolute atomic E-state index is 13.5. The second-order valence-corrected chi connectivity index (χ2v) is 4.60. The van der Waals surface area contributed by atoms with Crippen LogP contribution in [0, 0.1) is 21.8 Å². The van der Waals surface area contributed by atoms with E-state index in [-0.39, 0.29) is 11.5 Å². The van der Waals surface area contributed by atoms with Crippen LogP contribution in [0.25, 0.3) is 0 Å². The summed E-state index contributed by atoms with van der Waals surface area (Å²) in [6, 6.07) is 1.19. The van der Waals surface area contributed by atoms with E-state index in [9.17, 15) is 19.6 Å². The van der Waals surface area contributed by atoms with Crippen LogP contribution in [0.5, 0.6) is 5.75 Å². The van der Waals surface area contributed by atoms with E-state index in [0.717, 1.165) is 6.07 Å². The smallest absolute Gasteiger partial charge is 0.272 e. The lowest BCUT2D eigenvalue weighted by molar-refractivity contribution is -0.385. The number of hydrogen-bond donors (Lipinski definition) is 2. The molecular weight excluding hydrogens is 255 g/mol. The highest BCUT2D eigenvalue weighted by atomic mass is 19.1. The standard InChI is InChI=1S/C12H15FN2O4/c13-10-6-8(15(17)18)5-9(12(10)16)11(14)7-1-3-19-4-2-7/h5-7,11,16H,1-4,14H2/t11-/m1/s1. The maximum Gasteiger partial charge on any atom is 0.272 e. The lowest BCUT2D eigenvalue weighted by Gasteiger charge is -2.28. The number of halogens is 1. The largest absolute Gasteiger partial charge is 0.505 e. The van der Waals surface area contributed by atoms with E-state index in [2.05, 4.69) is 0 Å². The number of aromatic hydroxyl groups is 1. The van der Waals surface area contributed by atoms with Gasteiger partial charge in [0.25, 0.3) is 5.69 Å². The molecule has 0 bridgehead atoms. The average molecular weight is 270 g/mol. The maximum atomic E-state index is 13.5. The Labute approximate surface area is 109 Å². The predicted octanol–water partition coefficient (Wildman–Crippen LogP) is 1.87. The molecule has 1 heterocycles. The second kappa shape index (κ2) is 5.50. The molecular formula is C12H15FN2O4. The molecule has 0 unspecified atom stereocenters. The number of ether oxygens (including phenoxy) is 1. The molecule has 1 fully saturated rings. The van der Waals surface area contributed by atoms with E-state index in [0.29, 0.717) is 32.1 Å². The number of benzene rings is 1. The normalized spacial score (nSPS) is 18.2. The number of nitrogens with two attached hydrogens (primary N) is 1. The van der Waals surface area contributed by atoms with Crippen molar-refractivity contribution in [3.8, 4) is 5.75 Å². The molecule has 1 aliphatic heterocycles. The number of rotatable bonds is 3. The third-order valence-corrected chi connectivity index (χ3v) is 3.42. The summed E-state index contributed by atoms with van der Waals surface area (Å²) in [7, 11) is 0. The third-order valence-electron chi connectivity index (χ3n) is 3.42. The highest BCUT2D eigenvalue weighted by molar-refractivity contribution is 5.46. The minimum Gasteiger partial charge on any atom is -0.505 e. The van der Waals surface area contributed by atoms with Crippen LogP contribution in [0.2, 0.25) is 0 Å². The molecule has 3 N–H and O–H groups in total. The zero-order chi connectivity index (χ0) is 14.0. The topological polar surface area (TPSA) is 98.6 Å². The van der Waals surface area contributed by atoms with Crippen LogP contribution in [0.1, 0.15) is 24.4 Å². The molecule has 2 rings (SSSR count). The fourth-order valence-electron chi connectivity index (χ4n) is 2.29. The molecule has 19 heavy (non-hydrogen) atoms. The molecule has 1 saturated heterocycles. The van der Waals surface area contributed by atoms with Crippen molar-refractivity contribution in [2.45, 2.75) is 18.9 Å². The molecule has 1 aliphatic rings. The van der Waals surface area contributed by atoms with Gasteiger partial charge in [0.1, 0.15) is 0 Å². The summed E-state index contributed by atoms with van der Waals surface area (Å²) in [5.41, 5.74) is 5.68. The fraction of sp³-hybridized carbons (Fsp3) is 0.500. The van der Waals surface area contributed by atoms with Crippen molar-refractivity contribution in [1.29, 1.82) is 0 Å². The predicted molar refractivity (Wildman–Crippen MR) is 65.2 cm³/mol. The van der Waals surface area contributed by atoms with Crippen LogP contribution in [0.4, 0.5) is 10.1 Å². The van der Waals surface area contributed by atoms with E-state index < -0.39 is 28.2 Å². The van der Waals surface area contributed by atoms with Crippen molar-refractivity contribution < 1.29 is 19.2 Å². The quantitative estimate of drug-likeness (QED) is 0.645. The number of phenols is 1. The van der Waals surface area contributed by atoms with Crippen molar-refractivity contribution >= 4 is 5.69 Å². The first-order chi connectivity index (χ1) is 9.00. The highest BCUT2D eigenvalue weighted by Crippen LogP contribution is 2.36. The molecule has 0 aliphatic carbocycles. The van der Waals surface area contributed by atoms with Gasteiger partial charge in [-0.1, -0.05) is 0 Å². The average Bonchev–Trinajstić information content (AvgIpc) is 2.41. The number of nitrogens with zero attached hydrogens (tertiary/aromatic N) is 1. The van der Waals surface area contributed by atoms with E-state index in [1.54, 1.807) is 0 Å². The minimum atomic E-state index is -1.02. The summed E-state index contributed by atoms with van der Waals surface area (Å²) in [4.78, 5) is 10.0. The molecule has 104 valence electrons. The van der Waals surface area contributed by atoms with Crippen LogP contribution in [-0.4, -0.2) is 23.2 Å². The Morgan fingerprint density at radius 2 is 2.11 bits per heavy atom. The number of non-ortho nitro benzene ring substituents is 1. The molecule has 0 aromatic heterocycles. The Hall–Kier alpha value is -1.73. The summed E-state index contributed by atoms with van der Waals surface area (Å²) < 4.78 is 18.7. The van der Waals surface area contributed by atoms with Crippen LogP contribution >= 0.6 is 0 Å². The van der Waals surface area contributed by atoms with Crippen molar-refractivity contribution in [2.24, 2.45) is 11.7 Å². The molecule has 6 nitrogen and oxygen atoms in total. The number of phenolic OH excluding ortho intramolecular Hbond substituents is 1. The summed E-state index contributed by atoms with van der Waals surface area (Å²) in [6.07, 6.45) is 1.37. The van der Waals surface area contributed by atoms with Crippen LogP contribution in [0.3, 0.4) is 0 Å². The highest BCUT2D eigenvalue weighted by Gasteiger charge is 2.27. The second-order valence-electron chi connectivity index (χ2n) is 4.60. The lowest BCUT2D eigenvalue weighted by atomic mass is 9.87. The van der Waals surface area contributed by atoms with Crippen LogP contribution in [0.15, 0.2) is 12.1 Å². The van der Waals surface area contributed by atoms with Crippen molar-refractivity contribution in [3.63, 3.8) is 0 Å². The van der Waals surface area contributed by atoms with Gasteiger partial charge < -0.3 is 15.6 Å². The van der Waals surface area contributed by atoms with Gasteiger partial charge in [-0.3, -0.25) is 10.1 Å². The summed E-state index contributed by atoms with van der Waals surface area (Å²) in [5.74, 6) is -1.61. The first-order valence-corrected chi connectivity index (χ1v) is 6.01. The van der Waals surface area contributed by atoms with Gasteiger partial charge in [-0.25, -0.2) is 4.39 Å². The van der Waals surface area contributed by atoms with Crippen molar-refractivity contribution in [1.82, 2.24) is 0 Å². The number of nitro benzene ring substituents is 1. The third kappa shape index (κ3) is 2.82. The Balaban J connectivity index is 2.34. The van der Waals surface area contributed by atoms with Gasteiger partial charge in [0.15, 0.2) is 11.6 Å². The summed E-state index contributed by atoms with van der Waals surface area (Å²) >= 11 is 0. The Morgan fingerprint density at radius 3 is 2.68 bits per heavy atom. The number of nitro groups is 1. The van der Waals surface area contributed by atoms with E-state index >= 15 is 0 Å². The molecule has 7 heteroatoms. The van der Waals surface area contributed by atoms with Crippen LogP contribution in [-0.2, 0) is 4.74 Å². The van der Waals surface area contributed by atoms with Gasteiger partial charge in [0.05, 0.1) is 11.0 Å². The SMILES string of the molecule is N[C@@H](c1cc([N+](=O)[O-])cc(F)c1O)C1CCOCC1. The van der Waals surface area contributed by atoms with E-state index in [1.165, 1.54) is 0 Å². The monoisotopic (exact) mass is 270 g/mol. The van der Waals surface area contributed by atoms with Gasteiger partial charge in [-0.2, -0.15) is 0 Å². The Morgan fingerprint density at radius 1 is 1.47 bits per heavy atom. The van der Waals surface area contributed by atoms with Gasteiger partial charge in [-0.05, 0) is 18.8 Å². The van der Waals surface area contributed by atoms with Gasteiger partial charge in [-0.15, -0.1) is 0 Å². The van der Waals surface area contributed by atoms with E-state index in [1.807, 2.05) is 0 Å². The molecule has 1 aromatic carbocycles. The van der Waals surface area contributed by atoms with Gasteiger partial charge in [0, 0.05) is 30.9 Å². The Bertz CT molecular complexity index is 489. The van der Waals surface area contributed by atoms with Crippen molar-refractivity contribution in [3.05, 3.63) is 33.6 Å². The molecule has 0 radical (unpaired) electrons. The van der Waals surface area contributed by atoms with Gasteiger partial charge >= 0.3 is 0 Å². The molecule has 0 amide bonds. The minimum absolute atomic E-state index is 0.0149. The first kappa shape index (κ1) is 13.7. The molecule has 1 atom stereocenters. The number of hydrogen-bond acceptors (Lipinski definition) is 5. The molecule has 0 saturated carbocycles.